The van der Waals surface area contributed by atoms with Gasteiger partial charge >= 0.3 is 0 Å². The van der Waals surface area contributed by atoms with E-state index in [1.54, 1.807) is 0 Å². The van der Waals surface area contributed by atoms with Gasteiger partial charge in [0.15, 0.2) is 0 Å². The highest BCUT2D eigenvalue weighted by atomic mass is 35.5. The summed E-state index contributed by atoms with van der Waals surface area (Å²) in [5.41, 5.74) is 8.10. The molecule has 104 valence electrons. The monoisotopic (exact) mass is 287 g/mol. The Hall–Kier alpha value is -1.45. The number of hydrogen-bond acceptors (Lipinski definition) is 3. The number of benzene rings is 1. The van der Waals surface area contributed by atoms with E-state index in [-0.39, 0.29) is 5.54 Å². The van der Waals surface area contributed by atoms with E-state index in [1.165, 1.54) is 6.42 Å². The average Bonchev–Trinajstić information content (AvgIpc) is 2.48. The van der Waals surface area contributed by atoms with Crippen molar-refractivity contribution in [1.29, 1.82) is 0 Å². The highest BCUT2D eigenvalue weighted by Gasteiger charge is 2.32. The third kappa shape index (κ3) is 2.69. The second-order valence-corrected chi connectivity index (χ2v) is 5.96. The predicted molar refractivity (Wildman–Crippen MR) is 81.4 cm³/mol. The summed E-state index contributed by atoms with van der Waals surface area (Å²) in [7, 11) is 0. The van der Waals surface area contributed by atoms with Crippen LogP contribution in [0.5, 0.6) is 0 Å². The van der Waals surface area contributed by atoms with E-state index in [4.69, 9.17) is 17.3 Å². The molecule has 0 unspecified atom stereocenters. The lowest BCUT2D eigenvalue weighted by Crippen LogP contribution is -2.40. The van der Waals surface area contributed by atoms with Gasteiger partial charge in [-0.1, -0.05) is 43.0 Å². The Morgan fingerprint density at radius 2 is 1.70 bits per heavy atom. The van der Waals surface area contributed by atoms with Crippen molar-refractivity contribution >= 4 is 11.6 Å². The van der Waals surface area contributed by atoms with Crippen LogP contribution in [-0.2, 0) is 5.54 Å². The van der Waals surface area contributed by atoms with Gasteiger partial charge in [-0.15, -0.1) is 0 Å². The fourth-order valence-corrected chi connectivity index (χ4v) is 3.00. The molecule has 1 aliphatic rings. The number of hydrogen-bond donors (Lipinski definition) is 1. The van der Waals surface area contributed by atoms with Gasteiger partial charge in [0.2, 0.25) is 0 Å². The third-order valence-electron chi connectivity index (χ3n) is 4.00. The molecule has 1 aromatic heterocycles. The summed E-state index contributed by atoms with van der Waals surface area (Å²) < 4.78 is 0. The first kappa shape index (κ1) is 13.5. The maximum atomic E-state index is 6.45. The van der Waals surface area contributed by atoms with Crippen molar-refractivity contribution in [2.75, 3.05) is 0 Å². The molecule has 3 nitrogen and oxygen atoms in total. The van der Waals surface area contributed by atoms with Crippen LogP contribution in [0.3, 0.4) is 0 Å². The summed E-state index contributed by atoms with van der Waals surface area (Å²) in [5, 5.41) is 0.717. The molecule has 0 atom stereocenters. The zero-order valence-corrected chi connectivity index (χ0v) is 12.1. The Balaban J connectivity index is 1.88. The van der Waals surface area contributed by atoms with Crippen LogP contribution < -0.4 is 5.73 Å². The molecule has 1 aromatic carbocycles. The fourth-order valence-electron chi connectivity index (χ4n) is 2.81. The van der Waals surface area contributed by atoms with E-state index in [2.05, 4.69) is 9.97 Å². The molecule has 1 saturated carbocycles. The van der Waals surface area contributed by atoms with E-state index in [0.29, 0.717) is 5.02 Å². The minimum Gasteiger partial charge on any atom is -0.319 e. The minimum absolute atomic E-state index is 0.342. The molecule has 1 aliphatic carbocycles. The van der Waals surface area contributed by atoms with Crippen LogP contribution >= 0.6 is 11.6 Å². The lowest BCUT2D eigenvalue weighted by molar-refractivity contribution is 0.287. The van der Waals surface area contributed by atoms with Gasteiger partial charge in [0, 0.05) is 23.0 Å². The maximum absolute atomic E-state index is 6.45. The SMILES string of the molecule is NC1(c2ncc(-c3cccc(Cl)c3)cn2)CCCCC1. The number of rotatable bonds is 2. The molecule has 0 radical (unpaired) electrons. The standard InChI is InChI=1S/C16H18ClN3/c17-14-6-4-5-12(9-14)13-10-19-15(20-11-13)16(18)7-2-1-3-8-16/h4-6,9-11H,1-3,7-8,18H2. The molecule has 0 bridgehead atoms. The van der Waals surface area contributed by atoms with Crippen LogP contribution in [0.15, 0.2) is 36.7 Å². The summed E-state index contributed by atoms with van der Waals surface area (Å²) in [5.74, 6) is 0.767. The average molecular weight is 288 g/mol. The molecule has 1 heterocycles. The van der Waals surface area contributed by atoms with Crippen LogP contribution in [0.25, 0.3) is 11.1 Å². The van der Waals surface area contributed by atoms with Gasteiger partial charge in [-0.3, -0.25) is 0 Å². The molecule has 1 fully saturated rings. The summed E-state index contributed by atoms with van der Waals surface area (Å²) in [6, 6.07) is 7.70. The van der Waals surface area contributed by atoms with Gasteiger partial charge in [-0.25, -0.2) is 9.97 Å². The van der Waals surface area contributed by atoms with Gasteiger partial charge in [0.25, 0.3) is 0 Å². The van der Waals surface area contributed by atoms with Crippen molar-refractivity contribution < 1.29 is 0 Å². The lowest BCUT2D eigenvalue weighted by atomic mass is 9.82. The summed E-state index contributed by atoms with van der Waals surface area (Å²) in [6.07, 6.45) is 9.23. The first-order valence-electron chi connectivity index (χ1n) is 7.05. The van der Waals surface area contributed by atoms with E-state index in [9.17, 15) is 0 Å². The molecule has 0 spiro atoms. The van der Waals surface area contributed by atoms with E-state index in [0.717, 1.165) is 42.6 Å². The number of aromatic nitrogens is 2. The molecule has 4 heteroatoms. The van der Waals surface area contributed by atoms with E-state index >= 15 is 0 Å². The molecule has 3 rings (SSSR count). The number of halogens is 1. The van der Waals surface area contributed by atoms with E-state index in [1.807, 2.05) is 36.7 Å². The summed E-state index contributed by atoms with van der Waals surface area (Å²) in [6.45, 7) is 0. The topological polar surface area (TPSA) is 51.8 Å². The van der Waals surface area contributed by atoms with Crippen molar-refractivity contribution in [2.45, 2.75) is 37.6 Å². The molecular weight excluding hydrogens is 270 g/mol. The van der Waals surface area contributed by atoms with Gasteiger partial charge < -0.3 is 5.73 Å². The Labute approximate surface area is 124 Å². The normalized spacial score (nSPS) is 17.9. The summed E-state index contributed by atoms with van der Waals surface area (Å²) in [4.78, 5) is 9.00. The van der Waals surface area contributed by atoms with E-state index < -0.39 is 0 Å². The lowest BCUT2D eigenvalue weighted by Gasteiger charge is -2.31. The number of nitrogens with two attached hydrogens (primary N) is 1. The van der Waals surface area contributed by atoms with Crippen molar-refractivity contribution in [1.82, 2.24) is 9.97 Å². The van der Waals surface area contributed by atoms with Crippen LogP contribution in [0.2, 0.25) is 5.02 Å². The highest BCUT2D eigenvalue weighted by molar-refractivity contribution is 6.30. The third-order valence-corrected chi connectivity index (χ3v) is 4.24. The smallest absolute Gasteiger partial charge is 0.148 e. The number of nitrogens with zero attached hydrogens (tertiary/aromatic N) is 2. The second kappa shape index (κ2) is 5.51. The van der Waals surface area contributed by atoms with Gasteiger partial charge in [-0.2, -0.15) is 0 Å². The van der Waals surface area contributed by atoms with Crippen molar-refractivity contribution in [3.8, 4) is 11.1 Å². The van der Waals surface area contributed by atoms with Crippen molar-refractivity contribution in [3.63, 3.8) is 0 Å². The van der Waals surface area contributed by atoms with Crippen molar-refractivity contribution in [3.05, 3.63) is 47.5 Å². The molecule has 0 aliphatic heterocycles. The summed E-state index contributed by atoms with van der Waals surface area (Å²) >= 11 is 6.01. The molecule has 0 saturated heterocycles. The molecule has 20 heavy (non-hydrogen) atoms. The molecule has 2 N–H and O–H groups in total. The maximum Gasteiger partial charge on any atom is 0.148 e. The van der Waals surface area contributed by atoms with Gasteiger partial charge in [-0.05, 0) is 30.5 Å². The van der Waals surface area contributed by atoms with Crippen LogP contribution in [0, 0.1) is 0 Å². The quantitative estimate of drug-likeness (QED) is 0.911. The fraction of sp³-hybridized carbons (Fsp3) is 0.375. The first-order chi connectivity index (χ1) is 9.67. The largest absolute Gasteiger partial charge is 0.319 e. The second-order valence-electron chi connectivity index (χ2n) is 5.52. The Bertz CT molecular complexity index is 589. The Morgan fingerprint density at radius 3 is 2.35 bits per heavy atom. The zero-order valence-electron chi connectivity index (χ0n) is 11.3. The van der Waals surface area contributed by atoms with Crippen LogP contribution in [0.1, 0.15) is 37.9 Å². The van der Waals surface area contributed by atoms with Crippen LogP contribution in [-0.4, -0.2) is 9.97 Å². The Kier molecular flexibility index (Phi) is 3.72. The minimum atomic E-state index is -0.342. The first-order valence-corrected chi connectivity index (χ1v) is 7.43. The molecule has 0 amide bonds. The molecular formula is C16H18ClN3. The van der Waals surface area contributed by atoms with Gasteiger partial charge in [0.1, 0.15) is 5.82 Å². The molecule has 2 aromatic rings. The van der Waals surface area contributed by atoms with Gasteiger partial charge in [0.05, 0.1) is 5.54 Å². The predicted octanol–water partition coefficient (Wildman–Crippen LogP) is 3.92. The Morgan fingerprint density at radius 1 is 1.00 bits per heavy atom. The zero-order chi connectivity index (χ0) is 14.0. The van der Waals surface area contributed by atoms with Crippen molar-refractivity contribution in [2.24, 2.45) is 5.73 Å². The van der Waals surface area contributed by atoms with Crippen LogP contribution in [0.4, 0.5) is 0 Å². The highest BCUT2D eigenvalue weighted by Crippen LogP contribution is 2.33.